The van der Waals surface area contributed by atoms with Crippen molar-refractivity contribution in [2.45, 2.75) is 25.7 Å². The van der Waals surface area contributed by atoms with Crippen LogP contribution in [-0.4, -0.2) is 49.4 Å². The van der Waals surface area contributed by atoms with Crippen LogP contribution in [0.1, 0.15) is 25.0 Å². The first kappa shape index (κ1) is 16.2. The van der Waals surface area contributed by atoms with Gasteiger partial charge in [-0.15, -0.1) is 0 Å². The number of methoxy groups -OCH3 is 1. The zero-order valence-corrected chi connectivity index (χ0v) is 12.9. The van der Waals surface area contributed by atoms with E-state index in [9.17, 15) is 9.59 Å². The highest BCUT2D eigenvalue weighted by Crippen LogP contribution is 2.21. The van der Waals surface area contributed by atoms with Crippen LogP contribution in [0.3, 0.4) is 0 Å². The predicted molar refractivity (Wildman–Crippen MR) is 84.5 cm³/mol. The lowest BCUT2D eigenvalue weighted by atomic mass is 9.97. The number of piperidine rings is 1. The molecule has 120 valence electrons. The third-order valence-corrected chi connectivity index (χ3v) is 3.90. The Hall–Kier alpha value is -2.18. The van der Waals surface area contributed by atoms with Crippen molar-refractivity contribution in [2.24, 2.45) is 10.9 Å². The lowest BCUT2D eigenvalue weighted by molar-refractivity contribution is -0.146. The van der Waals surface area contributed by atoms with Crippen molar-refractivity contribution in [3.8, 4) is 0 Å². The van der Waals surface area contributed by atoms with Crippen molar-refractivity contribution in [3.05, 3.63) is 22.2 Å². The number of esters is 1. The summed E-state index contributed by atoms with van der Waals surface area (Å²) in [6.45, 7) is 5.40. The molecule has 7 nitrogen and oxygen atoms in total. The minimum atomic E-state index is -0.192. The first-order chi connectivity index (χ1) is 10.7. The van der Waals surface area contributed by atoms with Crippen LogP contribution in [0.25, 0.3) is 0 Å². The van der Waals surface area contributed by atoms with Gasteiger partial charge >= 0.3 is 5.97 Å². The van der Waals surface area contributed by atoms with Crippen LogP contribution in [0, 0.1) is 5.92 Å². The molecule has 0 aliphatic carbocycles. The zero-order valence-electron chi connectivity index (χ0n) is 12.9. The van der Waals surface area contributed by atoms with Crippen LogP contribution in [0.2, 0.25) is 0 Å². The van der Waals surface area contributed by atoms with Gasteiger partial charge in [0.2, 0.25) is 0 Å². The molecule has 22 heavy (non-hydrogen) atoms. The average molecular weight is 306 g/mol. The number of rotatable bonds is 6. The third kappa shape index (κ3) is 3.93. The Morgan fingerprint density at radius 1 is 1.55 bits per heavy atom. The number of ether oxygens (including phenoxy) is 1. The molecule has 1 aromatic heterocycles. The molecule has 7 heteroatoms. The van der Waals surface area contributed by atoms with Gasteiger partial charge in [-0.05, 0) is 32.4 Å². The lowest BCUT2D eigenvalue weighted by Crippen LogP contribution is -2.40. The van der Waals surface area contributed by atoms with Gasteiger partial charge in [0.15, 0.2) is 5.82 Å². The Morgan fingerprint density at radius 2 is 2.27 bits per heavy atom. The van der Waals surface area contributed by atoms with E-state index in [0.717, 1.165) is 18.5 Å². The smallest absolute Gasteiger partial charge is 0.308 e. The van der Waals surface area contributed by atoms with E-state index in [1.807, 2.05) is 4.90 Å². The molecular formula is C15H22N4O3. The van der Waals surface area contributed by atoms with Gasteiger partial charge in [0.25, 0.3) is 5.56 Å². The number of carbonyl (C=O) groups excluding carboxylic acids is 1. The van der Waals surface area contributed by atoms with Crippen molar-refractivity contribution in [2.75, 3.05) is 31.6 Å². The summed E-state index contributed by atoms with van der Waals surface area (Å²) in [5, 5.41) is 0. The molecule has 0 unspecified atom stereocenters. The van der Waals surface area contributed by atoms with Gasteiger partial charge in [-0.1, -0.05) is 0 Å². The van der Waals surface area contributed by atoms with Gasteiger partial charge in [0.1, 0.15) is 0 Å². The summed E-state index contributed by atoms with van der Waals surface area (Å²) in [6.07, 6.45) is 4.61. The molecule has 0 radical (unpaired) electrons. The molecule has 2 heterocycles. The normalized spacial score (nSPS) is 15.6. The number of H-pyrrole nitrogens is 1. The minimum Gasteiger partial charge on any atom is -0.469 e. The van der Waals surface area contributed by atoms with E-state index in [0.29, 0.717) is 38.3 Å². The predicted octanol–water partition coefficient (Wildman–Crippen LogP) is 0.792. The second-order valence-electron chi connectivity index (χ2n) is 5.38. The molecule has 0 bridgehead atoms. The number of aromatic amines is 1. The summed E-state index contributed by atoms with van der Waals surface area (Å²) < 4.78 is 4.77. The molecule has 1 saturated heterocycles. The highest BCUT2D eigenvalue weighted by Gasteiger charge is 2.27. The monoisotopic (exact) mass is 306 g/mol. The Labute approximate surface area is 129 Å². The van der Waals surface area contributed by atoms with Crippen LogP contribution in [0.15, 0.2) is 16.0 Å². The number of nitrogens with zero attached hydrogens (tertiary/aromatic N) is 3. The van der Waals surface area contributed by atoms with E-state index in [-0.39, 0.29) is 17.4 Å². The van der Waals surface area contributed by atoms with Crippen LogP contribution in [0.4, 0.5) is 5.82 Å². The van der Waals surface area contributed by atoms with Gasteiger partial charge in [-0.3, -0.25) is 9.59 Å². The molecule has 1 aliphatic rings. The van der Waals surface area contributed by atoms with E-state index >= 15 is 0 Å². The van der Waals surface area contributed by atoms with E-state index < -0.39 is 0 Å². The van der Waals surface area contributed by atoms with Crippen molar-refractivity contribution in [1.82, 2.24) is 9.97 Å². The SMILES string of the molecule is C=NCCCc1c[nH]c(=O)c(N2CCC(C(=O)OC)CC2)n1. The van der Waals surface area contributed by atoms with Crippen molar-refractivity contribution < 1.29 is 9.53 Å². The summed E-state index contributed by atoms with van der Waals surface area (Å²) in [7, 11) is 1.41. The van der Waals surface area contributed by atoms with Gasteiger partial charge in [-0.25, -0.2) is 4.98 Å². The molecule has 1 N–H and O–H groups in total. The van der Waals surface area contributed by atoms with Crippen LogP contribution in [0.5, 0.6) is 0 Å². The van der Waals surface area contributed by atoms with Gasteiger partial charge < -0.3 is 19.6 Å². The van der Waals surface area contributed by atoms with E-state index in [1.54, 1.807) is 6.20 Å². The number of anilines is 1. The Balaban J connectivity index is 2.03. The third-order valence-electron chi connectivity index (χ3n) is 3.90. The van der Waals surface area contributed by atoms with E-state index in [4.69, 9.17) is 4.74 Å². The molecule has 1 aromatic rings. The zero-order chi connectivity index (χ0) is 15.9. The molecule has 0 amide bonds. The molecule has 1 aliphatic heterocycles. The molecule has 0 aromatic carbocycles. The fourth-order valence-electron chi connectivity index (χ4n) is 2.64. The van der Waals surface area contributed by atoms with Gasteiger partial charge in [0, 0.05) is 25.8 Å². The molecule has 0 spiro atoms. The van der Waals surface area contributed by atoms with Crippen LogP contribution < -0.4 is 10.5 Å². The molecular weight excluding hydrogens is 284 g/mol. The highest BCUT2D eigenvalue weighted by atomic mass is 16.5. The quantitative estimate of drug-likeness (QED) is 0.477. The number of nitrogens with one attached hydrogen (secondary N) is 1. The largest absolute Gasteiger partial charge is 0.469 e. The second-order valence-corrected chi connectivity index (χ2v) is 5.38. The summed E-state index contributed by atoms with van der Waals surface area (Å²) in [6, 6.07) is 0. The maximum Gasteiger partial charge on any atom is 0.308 e. The van der Waals surface area contributed by atoms with Crippen LogP contribution >= 0.6 is 0 Å². The summed E-state index contributed by atoms with van der Waals surface area (Å²) in [4.78, 5) is 36.5. The number of carbonyl (C=O) groups is 1. The van der Waals surface area contributed by atoms with Crippen molar-refractivity contribution in [1.29, 1.82) is 0 Å². The fourth-order valence-corrected chi connectivity index (χ4v) is 2.64. The first-order valence-corrected chi connectivity index (χ1v) is 7.49. The molecule has 1 fully saturated rings. The molecule has 0 saturated carbocycles. The topological polar surface area (TPSA) is 87.7 Å². The Morgan fingerprint density at radius 3 is 2.91 bits per heavy atom. The minimum absolute atomic E-state index is 0.0813. The van der Waals surface area contributed by atoms with Gasteiger partial charge in [0.05, 0.1) is 18.7 Å². The number of aliphatic imine (C=N–C) groups is 1. The maximum absolute atomic E-state index is 12.0. The fraction of sp³-hybridized carbons (Fsp3) is 0.600. The summed E-state index contributed by atoms with van der Waals surface area (Å²) in [5.74, 6) is 0.182. The number of aryl methyl sites for hydroxylation is 1. The summed E-state index contributed by atoms with van der Waals surface area (Å²) >= 11 is 0. The van der Waals surface area contributed by atoms with Crippen molar-refractivity contribution >= 4 is 18.5 Å². The first-order valence-electron chi connectivity index (χ1n) is 7.49. The molecule has 0 atom stereocenters. The Bertz CT molecular complexity index is 576. The van der Waals surface area contributed by atoms with Crippen LogP contribution in [-0.2, 0) is 16.0 Å². The number of aromatic nitrogens is 2. The van der Waals surface area contributed by atoms with E-state index in [2.05, 4.69) is 21.7 Å². The Kier molecular flexibility index (Phi) is 5.68. The maximum atomic E-state index is 12.0. The standard InChI is InChI=1S/C15H22N4O3/c1-16-7-3-4-12-10-17-14(20)13(18-12)19-8-5-11(6-9-19)15(21)22-2/h10-11H,1,3-9H2,2H3,(H,17,20). The van der Waals surface area contributed by atoms with Gasteiger partial charge in [-0.2, -0.15) is 0 Å². The molecule has 2 rings (SSSR count). The number of hydrogen-bond donors (Lipinski definition) is 1. The van der Waals surface area contributed by atoms with Crippen molar-refractivity contribution in [3.63, 3.8) is 0 Å². The highest BCUT2D eigenvalue weighted by molar-refractivity contribution is 5.72. The summed E-state index contributed by atoms with van der Waals surface area (Å²) in [5.41, 5.74) is 0.649. The number of hydrogen-bond acceptors (Lipinski definition) is 6. The second kappa shape index (κ2) is 7.72. The van der Waals surface area contributed by atoms with E-state index in [1.165, 1.54) is 7.11 Å². The average Bonchev–Trinajstić information content (AvgIpc) is 2.56. The lowest BCUT2D eigenvalue weighted by Gasteiger charge is -2.31.